The number of rotatable bonds is 3. The summed E-state index contributed by atoms with van der Waals surface area (Å²) in [6.45, 7) is 1.86. The molecule has 1 aromatic carbocycles. The van der Waals surface area contributed by atoms with Crippen LogP contribution in [0.2, 0.25) is 0 Å². The number of phenols is 1. The third-order valence-electron chi connectivity index (χ3n) is 2.30. The highest BCUT2D eigenvalue weighted by Crippen LogP contribution is 2.19. The third-order valence-corrected chi connectivity index (χ3v) is 2.30. The van der Waals surface area contributed by atoms with E-state index in [0.717, 1.165) is 0 Å². The van der Waals surface area contributed by atoms with Crippen LogP contribution < -0.4 is 10.6 Å². The minimum Gasteiger partial charge on any atom is -0.508 e. The normalized spacial score (nSPS) is 12.2. The molecule has 0 radical (unpaired) electrons. The fourth-order valence-corrected chi connectivity index (χ4v) is 1.25. The molecule has 4 heteroatoms. The lowest BCUT2D eigenvalue weighted by atomic mass is 10.2. The van der Waals surface area contributed by atoms with E-state index in [4.69, 9.17) is 5.73 Å². The predicted molar refractivity (Wildman–Crippen MR) is 59.8 cm³/mol. The molecule has 0 unspecified atom stereocenters. The van der Waals surface area contributed by atoms with Crippen LogP contribution in [0.4, 0.5) is 5.69 Å². The zero-order chi connectivity index (χ0) is 11.4. The number of benzene rings is 1. The molecule has 0 bridgehead atoms. The molecule has 15 heavy (non-hydrogen) atoms. The van der Waals surface area contributed by atoms with Crippen LogP contribution in [0, 0.1) is 0 Å². The van der Waals surface area contributed by atoms with Crippen molar-refractivity contribution in [2.45, 2.75) is 19.4 Å². The van der Waals surface area contributed by atoms with E-state index in [-0.39, 0.29) is 11.7 Å². The highest BCUT2D eigenvalue weighted by Gasteiger charge is 2.17. The number of phenolic OH excluding ortho intramolecular Hbond substituents is 1. The molecular formula is C11H16N2O2. The van der Waals surface area contributed by atoms with Gasteiger partial charge in [-0.1, -0.05) is 13.0 Å². The fraction of sp³-hybridized carbons (Fsp3) is 0.364. The topological polar surface area (TPSA) is 66.6 Å². The zero-order valence-electron chi connectivity index (χ0n) is 8.97. The Morgan fingerprint density at radius 2 is 2.27 bits per heavy atom. The molecule has 0 aliphatic rings. The minimum atomic E-state index is -0.489. The number of nitrogens with zero attached hydrogens (tertiary/aromatic N) is 1. The first-order valence-corrected chi connectivity index (χ1v) is 4.88. The van der Waals surface area contributed by atoms with Crippen LogP contribution in [0.5, 0.6) is 5.75 Å². The van der Waals surface area contributed by atoms with Gasteiger partial charge in [0, 0.05) is 18.8 Å². The molecule has 82 valence electrons. The second-order valence-corrected chi connectivity index (χ2v) is 3.43. The molecule has 0 saturated carbocycles. The zero-order valence-corrected chi connectivity index (χ0v) is 8.97. The number of nitrogens with two attached hydrogens (primary N) is 1. The Morgan fingerprint density at radius 3 is 2.80 bits per heavy atom. The lowest BCUT2D eigenvalue weighted by Gasteiger charge is -2.20. The van der Waals surface area contributed by atoms with Crippen molar-refractivity contribution >= 4 is 11.6 Å². The van der Waals surface area contributed by atoms with Gasteiger partial charge in [0.1, 0.15) is 5.75 Å². The number of carbonyl (C=O) groups is 1. The van der Waals surface area contributed by atoms with E-state index < -0.39 is 6.04 Å². The van der Waals surface area contributed by atoms with E-state index >= 15 is 0 Å². The van der Waals surface area contributed by atoms with Gasteiger partial charge in [0.15, 0.2) is 0 Å². The molecule has 1 atom stereocenters. The summed E-state index contributed by atoms with van der Waals surface area (Å²) in [5.74, 6) is -0.0136. The first-order chi connectivity index (χ1) is 7.06. The number of hydrogen-bond acceptors (Lipinski definition) is 3. The summed E-state index contributed by atoms with van der Waals surface area (Å²) in [6, 6.07) is 6.03. The third kappa shape index (κ3) is 2.70. The molecule has 4 nitrogen and oxygen atoms in total. The van der Waals surface area contributed by atoms with Crippen molar-refractivity contribution in [3.05, 3.63) is 24.3 Å². The van der Waals surface area contributed by atoms with Gasteiger partial charge in [0.05, 0.1) is 6.04 Å². The molecule has 0 aliphatic heterocycles. The average Bonchev–Trinajstić information content (AvgIpc) is 2.26. The second kappa shape index (κ2) is 4.79. The van der Waals surface area contributed by atoms with Crippen molar-refractivity contribution in [3.63, 3.8) is 0 Å². The number of anilines is 1. The van der Waals surface area contributed by atoms with Crippen LogP contribution in [0.3, 0.4) is 0 Å². The van der Waals surface area contributed by atoms with Crippen molar-refractivity contribution in [3.8, 4) is 5.75 Å². The predicted octanol–water partition coefficient (Wildman–Crippen LogP) is 1.09. The second-order valence-electron chi connectivity index (χ2n) is 3.43. The van der Waals surface area contributed by atoms with Crippen LogP contribution in [-0.4, -0.2) is 24.1 Å². The van der Waals surface area contributed by atoms with Crippen molar-refractivity contribution in [1.29, 1.82) is 0 Å². The van der Waals surface area contributed by atoms with E-state index in [9.17, 15) is 9.90 Å². The van der Waals surface area contributed by atoms with Gasteiger partial charge in [-0.2, -0.15) is 0 Å². The lowest BCUT2D eigenvalue weighted by Crippen LogP contribution is -2.41. The summed E-state index contributed by atoms with van der Waals surface area (Å²) >= 11 is 0. The van der Waals surface area contributed by atoms with Crippen LogP contribution in [0.15, 0.2) is 24.3 Å². The van der Waals surface area contributed by atoms with Gasteiger partial charge in [-0.05, 0) is 18.6 Å². The van der Waals surface area contributed by atoms with Crippen molar-refractivity contribution < 1.29 is 9.90 Å². The molecule has 0 spiro atoms. The van der Waals surface area contributed by atoms with E-state index in [1.807, 2.05) is 6.92 Å². The van der Waals surface area contributed by atoms with Crippen LogP contribution in [-0.2, 0) is 4.79 Å². The molecule has 0 fully saturated rings. The molecule has 1 amide bonds. The van der Waals surface area contributed by atoms with Gasteiger partial charge in [0.25, 0.3) is 0 Å². The van der Waals surface area contributed by atoms with Gasteiger partial charge >= 0.3 is 0 Å². The van der Waals surface area contributed by atoms with Crippen molar-refractivity contribution in [1.82, 2.24) is 0 Å². The van der Waals surface area contributed by atoms with E-state index in [1.54, 1.807) is 25.2 Å². The van der Waals surface area contributed by atoms with Crippen molar-refractivity contribution in [2.75, 3.05) is 11.9 Å². The smallest absolute Gasteiger partial charge is 0.243 e. The van der Waals surface area contributed by atoms with E-state index in [1.165, 1.54) is 11.0 Å². The number of likely N-dealkylation sites (N-methyl/N-ethyl adjacent to an activating group) is 1. The highest BCUT2D eigenvalue weighted by atomic mass is 16.3. The maximum Gasteiger partial charge on any atom is 0.243 e. The first-order valence-electron chi connectivity index (χ1n) is 4.88. The minimum absolute atomic E-state index is 0.136. The number of hydrogen-bond donors (Lipinski definition) is 2. The standard InChI is InChI=1S/C11H16N2O2/c1-3-10(12)11(15)13(2)8-5-4-6-9(14)7-8/h4-7,10,14H,3,12H2,1-2H3/t10-/m1/s1. The molecule has 0 heterocycles. The number of aromatic hydroxyl groups is 1. The van der Waals surface area contributed by atoms with Gasteiger partial charge in [-0.3, -0.25) is 4.79 Å². The molecule has 1 rings (SSSR count). The Balaban J connectivity index is 2.85. The highest BCUT2D eigenvalue weighted by molar-refractivity contribution is 5.96. The van der Waals surface area contributed by atoms with Gasteiger partial charge in [0.2, 0.25) is 5.91 Å². The average molecular weight is 208 g/mol. The lowest BCUT2D eigenvalue weighted by molar-refractivity contribution is -0.119. The summed E-state index contributed by atoms with van der Waals surface area (Å²) in [6.07, 6.45) is 0.599. The Morgan fingerprint density at radius 1 is 1.60 bits per heavy atom. The summed E-state index contributed by atoms with van der Waals surface area (Å²) in [4.78, 5) is 13.2. The Kier molecular flexibility index (Phi) is 3.68. The summed E-state index contributed by atoms with van der Waals surface area (Å²) in [7, 11) is 1.65. The van der Waals surface area contributed by atoms with Gasteiger partial charge in [-0.25, -0.2) is 0 Å². The number of carbonyl (C=O) groups excluding carboxylic acids is 1. The van der Waals surface area contributed by atoms with Crippen LogP contribution in [0.25, 0.3) is 0 Å². The Bertz CT molecular complexity index is 352. The summed E-state index contributed by atoms with van der Waals surface area (Å²) in [5, 5.41) is 9.27. The molecule has 3 N–H and O–H groups in total. The fourth-order valence-electron chi connectivity index (χ4n) is 1.25. The Hall–Kier alpha value is -1.55. The van der Waals surface area contributed by atoms with Crippen LogP contribution in [0.1, 0.15) is 13.3 Å². The molecule has 1 aromatic rings. The van der Waals surface area contributed by atoms with E-state index in [2.05, 4.69) is 0 Å². The molecular weight excluding hydrogens is 192 g/mol. The molecule has 0 aromatic heterocycles. The van der Waals surface area contributed by atoms with Gasteiger partial charge in [-0.15, -0.1) is 0 Å². The molecule has 0 saturated heterocycles. The maximum absolute atomic E-state index is 11.7. The first kappa shape index (κ1) is 11.5. The van der Waals surface area contributed by atoms with Gasteiger partial charge < -0.3 is 15.7 Å². The van der Waals surface area contributed by atoms with Crippen LogP contribution >= 0.6 is 0 Å². The monoisotopic (exact) mass is 208 g/mol. The summed E-state index contributed by atoms with van der Waals surface area (Å²) < 4.78 is 0. The number of amides is 1. The molecule has 0 aliphatic carbocycles. The summed E-state index contributed by atoms with van der Waals surface area (Å²) in [5.41, 5.74) is 6.28. The SMILES string of the molecule is CC[C@@H](N)C(=O)N(C)c1cccc(O)c1. The Labute approximate surface area is 89.3 Å². The largest absolute Gasteiger partial charge is 0.508 e. The maximum atomic E-state index is 11.7. The van der Waals surface area contributed by atoms with E-state index in [0.29, 0.717) is 12.1 Å². The quantitative estimate of drug-likeness (QED) is 0.781. The van der Waals surface area contributed by atoms with Crippen molar-refractivity contribution in [2.24, 2.45) is 5.73 Å².